The summed E-state index contributed by atoms with van der Waals surface area (Å²) in [6.45, 7) is 6.84. The van der Waals surface area contributed by atoms with Gasteiger partial charge in [0, 0.05) is 6.54 Å². The molecule has 0 saturated heterocycles. The van der Waals surface area contributed by atoms with Crippen LogP contribution in [-0.4, -0.2) is 17.6 Å². The lowest BCUT2D eigenvalue weighted by Crippen LogP contribution is -2.25. The molecule has 0 aromatic heterocycles. The topological polar surface area (TPSA) is 63.3 Å². The number of unbranched alkanes of at least 4 members (excludes halogenated alkanes) is 1. The van der Waals surface area contributed by atoms with Crippen LogP contribution in [0.15, 0.2) is 0 Å². The summed E-state index contributed by atoms with van der Waals surface area (Å²) in [5.74, 6) is -1.13. The van der Waals surface area contributed by atoms with Crippen molar-refractivity contribution in [3.63, 3.8) is 0 Å². The molecule has 0 rings (SSSR count). The third kappa shape index (κ3) is 6.50. The average molecular weight is 215 g/mol. The molecule has 0 aliphatic heterocycles. The monoisotopic (exact) mass is 215 g/mol. The van der Waals surface area contributed by atoms with Gasteiger partial charge in [0.05, 0.1) is 5.92 Å². The number of hydrogen-bond acceptors (Lipinski definition) is 2. The average Bonchev–Trinajstić information content (AvgIpc) is 2.15. The fraction of sp³-hybridized carbons (Fsp3) is 0.917. The van der Waals surface area contributed by atoms with Crippen LogP contribution in [0.2, 0.25) is 0 Å². The van der Waals surface area contributed by atoms with Crippen LogP contribution in [0.3, 0.4) is 0 Å². The molecule has 0 aromatic rings. The minimum atomic E-state index is -0.760. The molecular formula is C12H25NO2. The first-order valence-corrected chi connectivity index (χ1v) is 5.86. The van der Waals surface area contributed by atoms with E-state index in [1.54, 1.807) is 0 Å². The van der Waals surface area contributed by atoms with Crippen molar-refractivity contribution in [1.82, 2.24) is 0 Å². The molecule has 0 fully saturated rings. The van der Waals surface area contributed by atoms with Crippen molar-refractivity contribution in [2.24, 2.45) is 17.1 Å². The molecule has 0 radical (unpaired) electrons. The van der Waals surface area contributed by atoms with Gasteiger partial charge >= 0.3 is 5.97 Å². The zero-order valence-electron chi connectivity index (χ0n) is 10.3. The van der Waals surface area contributed by atoms with Gasteiger partial charge in [0.25, 0.3) is 0 Å². The number of carbonyl (C=O) groups is 1. The Morgan fingerprint density at radius 3 is 2.40 bits per heavy atom. The van der Waals surface area contributed by atoms with E-state index in [1.165, 1.54) is 19.3 Å². The van der Waals surface area contributed by atoms with Crippen molar-refractivity contribution in [2.75, 3.05) is 6.54 Å². The van der Waals surface area contributed by atoms with Crippen molar-refractivity contribution in [3.05, 3.63) is 0 Å². The van der Waals surface area contributed by atoms with Gasteiger partial charge in [-0.3, -0.25) is 4.79 Å². The van der Waals surface area contributed by atoms with Crippen LogP contribution >= 0.6 is 0 Å². The van der Waals surface area contributed by atoms with Crippen molar-refractivity contribution in [1.29, 1.82) is 0 Å². The molecule has 1 atom stereocenters. The van der Waals surface area contributed by atoms with Gasteiger partial charge < -0.3 is 10.8 Å². The third-order valence-electron chi connectivity index (χ3n) is 3.01. The lowest BCUT2D eigenvalue weighted by molar-refractivity contribution is -0.141. The van der Waals surface area contributed by atoms with E-state index >= 15 is 0 Å². The molecule has 15 heavy (non-hydrogen) atoms. The van der Waals surface area contributed by atoms with Crippen LogP contribution in [0.4, 0.5) is 0 Å². The van der Waals surface area contributed by atoms with Gasteiger partial charge in [-0.05, 0) is 24.7 Å². The van der Waals surface area contributed by atoms with Crippen LogP contribution in [0.1, 0.15) is 52.9 Å². The maximum absolute atomic E-state index is 10.8. The Kier molecular flexibility index (Phi) is 6.57. The number of aliphatic carboxylic acids is 1. The highest BCUT2D eigenvalue weighted by molar-refractivity contribution is 5.70. The van der Waals surface area contributed by atoms with Gasteiger partial charge in [-0.25, -0.2) is 0 Å². The molecule has 3 N–H and O–H groups in total. The van der Waals surface area contributed by atoms with Crippen LogP contribution in [-0.2, 0) is 4.79 Å². The highest BCUT2D eigenvalue weighted by Gasteiger charge is 2.22. The predicted molar refractivity (Wildman–Crippen MR) is 62.7 cm³/mol. The van der Waals surface area contributed by atoms with E-state index in [0.29, 0.717) is 6.42 Å². The van der Waals surface area contributed by atoms with Gasteiger partial charge in [-0.1, -0.05) is 33.6 Å². The number of carboxylic acid groups (broad SMARTS) is 1. The lowest BCUT2D eigenvalue weighted by atomic mass is 9.80. The molecule has 0 aromatic carbocycles. The molecular weight excluding hydrogens is 190 g/mol. The summed E-state index contributed by atoms with van der Waals surface area (Å²) in [6, 6.07) is 0. The molecule has 90 valence electrons. The molecule has 0 heterocycles. The van der Waals surface area contributed by atoms with Crippen LogP contribution in [0, 0.1) is 11.3 Å². The van der Waals surface area contributed by atoms with Crippen molar-refractivity contribution < 1.29 is 9.90 Å². The smallest absolute Gasteiger partial charge is 0.307 e. The lowest BCUT2D eigenvalue weighted by Gasteiger charge is -2.25. The zero-order valence-corrected chi connectivity index (χ0v) is 10.3. The molecule has 0 spiro atoms. The first kappa shape index (κ1) is 14.4. The summed E-state index contributed by atoms with van der Waals surface area (Å²) in [6.07, 6.45) is 5.22. The van der Waals surface area contributed by atoms with Crippen LogP contribution < -0.4 is 5.73 Å². The number of nitrogens with two attached hydrogens (primary N) is 1. The minimum absolute atomic E-state index is 0.249. The predicted octanol–water partition coefficient (Wildman–Crippen LogP) is 2.64. The van der Waals surface area contributed by atoms with Gasteiger partial charge in [0.15, 0.2) is 0 Å². The zero-order chi connectivity index (χ0) is 11.9. The summed E-state index contributed by atoms with van der Waals surface area (Å²) in [5.41, 5.74) is 5.67. The van der Waals surface area contributed by atoms with Crippen molar-refractivity contribution in [3.8, 4) is 0 Å². The van der Waals surface area contributed by atoms with Gasteiger partial charge in [0.1, 0.15) is 0 Å². The quantitative estimate of drug-likeness (QED) is 0.654. The van der Waals surface area contributed by atoms with Gasteiger partial charge in [-0.15, -0.1) is 0 Å². The second-order valence-electron chi connectivity index (χ2n) is 5.08. The van der Waals surface area contributed by atoms with Crippen molar-refractivity contribution >= 4 is 5.97 Å². The molecule has 0 amide bonds. The standard InChI is InChI=1S/C12H25NO2/c1-4-5-7-12(2,3)8-6-10(9-13)11(14)15/h10H,4-9,13H2,1-3H3,(H,14,15). The SMILES string of the molecule is CCCCC(C)(C)CCC(CN)C(=O)O. The van der Waals surface area contributed by atoms with E-state index < -0.39 is 5.97 Å². The van der Waals surface area contributed by atoms with E-state index in [9.17, 15) is 4.79 Å². The fourth-order valence-corrected chi connectivity index (χ4v) is 1.69. The Bertz CT molecular complexity index is 190. The molecule has 0 aliphatic rings. The second kappa shape index (κ2) is 6.83. The summed E-state index contributed by atoms with van der Waals surface area (Å²) >= 11 is 0. The normalized spacial score (nSPS) is 13.9. The van der Waals surface area contributed by atoms with E-state index in [2.05, 4.69) is 20.8 Å². The van der Waals surface area contributed by atoms with E-state index in [4.69, 9.17) is 10.8 Å². The van der Waals surface area contributed by atoms with Gasteiger partial charge in [-0.2, -0.15) is 0 Å². The Morgan fingerprint density at radius 2 is 2.00 bits per heavy atom. The Morgan fingerprint density at radius 1 is 1.40 bits per heavy atom. The summed E-state index contributed by atoms with van der Waals surface area (Å²) < 4.78 is 0. The molecule has 3 nitrogen and oxygen atoms in total. The van der Waals surface area contributed by atoms with E-state index in [0.717, 1.165) is 6.42 Å². The van der Waals surface area contributed by atoms with E-state index in [1.807, 2.05) is 0 Å². The molecule has 0 saturated carbocycles. The first-order valence-electron chi connectivity index (χ1n) is 5.86. The summed E-state index contributed by atoms with van der Waals surface area (Å²) in [5, 5.41) is 8.87. The number of hydrogen-bond donors (Lipinski definition) is 2. The first-order chi connectivity index (χ1) is 6.93. The largest absolute Gasteiger partial charge is 0.481 e. The van der Waals surface area contributed by atoms with E-state index in [-0.39, 0.29) is 17.9 Å². The maximum Gasteiger partial charge on any atom is 0.307 e. The fourth-order valence-electron chi connectivity index (χ4n) is 1.69. The van der Waals surface area contributed by atoms with Crippen LogP contribution in [0.5, 0.6) is 0 Å². The Hall–Kier alpha value is -0.570. The summed E-state index contributed by atoms with van der Waals surface area (Å²) in [4.78, 5) is 10.8. The van der Waals surface area contributed by atoms with Crippen LogP contribution in [0.25, 0.3) is 0 Å². The number of carboxylic acids is 1. The maximum atomic E-state index is 10.8. The van der Waals surface area contributed by atoms with Gasteiger partial charge in [0.2, 0.25) is 0 Å². The highest BCUT2D eigenvalue weighted by atomic mass is 16.4. The summed E-state index contributed by atoms with van der Waals surface area (Å²) in [7, 11) is 0. The Balaban J connectivity index is 3.94. The molecule has 0 bridgehead atoms. The molecule has 0 aliphatic carbocycles. The third-order valence-corrected chi connectivity index (χ3v) is 3.01. The number of rotatable bonds is 8. The van der Waals surface area contributed by atoms with Crippen molar-refractivity contribution in [2.45, 2.75) is 52.9 Å². The second-order valence-corrected chi connectivity index (χ2v) is 5.08. The molecule has 3 heteroatoms. The Labute approximate surface area is 93.0 Å². The highest BCUT2D eigenvalue weighted by Crippen LogP contribution is 2.30. The minimum Gasteiger partial charge on any atom is -0.481 e. The molecule has 1 unspecified atom stereocenters.